The van der Waals surface area contributed by atoms with Crippen LogP contribution in [-0.4, -0.2) is 25.6 Å². The molecule has 1 N–H and O–H groups in total. The molecule has 2 rings (SSSR count). The van der Waals surface area contributed by atoms with E-state index < -0.39 is 0 Å². The van der Waals surface area contributed by atoms with E-state index in [1.807, 2.05) is 32.0 Å². The van der Waals surface area contributed by atoms with Crippen LogP contribution in [-0.2, 0) is 9.59 Å². The third-order valence-corrected chi connectivity index (χ3v) is 4.16. The van der Waals surface area contributed by atoms with E-state index in [1.54, 1.807) is 6.07 Å². The highest BCUT2D eigenvalue weighted by atomic mass is 16.6. The Hall–Kier alpha value is -2.76. The topological polar surface area (TPSA) is 73.9 Å². The van der Waals surface area contributed by atoms with Gasteiger partial charge in [0.2, 0.25) is 0 Å². The number of esters is 2. The first-order valence-electron chi connectivity index (χ1n) is 9.83. The molecule has 0 aromatic heterocycles. The Bertz CT molecular complexity index is 831. The van der Waals surface area contributed by atoms with Crippen molar-refractivity contribution in [1.82, 2.24) is 0 Å². The number of carbonyl (C=O) groups excluding carboxylic acids is 2. The molecular formula is C22H29NO5. The van der Waals surface area contributed by atoms with Crippen molar-refractivity contribution in [2.24, 2.45) is 0 Å². The normalized spacial score (nSPS) is 10.6. The highest BCUT2D eigenvalue weighted by molar-refractivity contribution is 6.00. The molecule has 0 unspecified atom stereocenters. The standard InChI is InChI=1S/C22H29NO5/c1-5-8-20(24)27-18-14-19(26-4)22(28-21(25)9-6-2)16-11-10-15(13-17(16)18)23-12-7-3/h10-11,13-14,23H,5-9,12H2,1-4H3. The second-order valence-electron chi connectivity index (χ2n) is 6.54. The van der Waals surface area contributed by atoms with Gasteiger partial charge in [-0.25, -0.2) is 0 Å². The lowest BCUT2D eigenvalue weighted by Gasteiger charge is -2.16. The van der Waals surface area contributed by atoms with E-state index in [4.69, 9.17) is 14.2 Å². The summed E-state index contributed by atoms with van der Waals surface area (Å²) in [5.41, 5.74) is 0.901. The van der Waals surface area contributed by atoms with Gasteiger partial charge < -0.3 is 19.5 Å². The Kier molecular flexibility index (Phi) is 8.11. The number of carbonyl (C=O) groups is 2. The van der Waals surface area contributed by atoms with E-state index in [0.717, 1.165) is 18.7 Å². The van der Waals surface area contributed by atoms with Gasteiger partial charge in [0, 0.05) is 41.9 Å². The zero-order valence-corrected chi connectivity index (χ0v) is 17.1. The van der Waals surface area contributed by atoms with Gasteiger partial charge in [0.15, 0.2) is 11.5 Å². The Labute approximate surface area is 166 Å². The average Bonchev–Trinajstić information content (AvgIpc) is 2.68. The summed E-state index contributed by atoms with van der Waals surface area (Å²) >= 11 is 0. The molecule has 2 aromatic carbocycles. The molecule has 28 heavy (non-hydrogen) atoms. The zero-order chi connectivity index (χ0) is 20.5. The number of ether oxygens (including phenoxy) is 3. The molecule has 0 aliphatic carbocycles. The predicted octanol–water partition coefficient (Wildman–Crippen LogP) is 5.08. The monoisotopic (exact) mass is 387 g/mol. The van der Waals surface area contributed by atoms with E-state index in [9.17, 15) is 9.59 Å². The third kappa shape index (κ3) is 5.38. The van der Waals surface area contributed by atoms with Crippen molar-refractivity contribution in [3.8, 4) is 17.2 Å². The van der Waals surface area contributed by atoms with Gasteiger partial charge in [0.05, 0.1) is 7.11 Å². The van der Waals surface area contributed by atoms with Gasteiger partial charge >= 0.3 is 11.9 Å². The van der Waals surface area contributed by atoms with Crippen LogP contribution in [0, 0.1) is 0 Å². The fourth-order valence-electron chi connectivity index (χ4n) is 2.81. The van der Waals surface area contributed by atoms with Crippen molar-refractivity contribution in [2.75, 3.05) is 19.0 Å². The Morgan fingerprint density at radius 2 is 1.54 bits per heavy atom. The van der Waals surface area contributed by atoms with Gasteiger partial charge in [-0.05, 0) is 37.5 Å². The van der Waals surface area contributed by atoms with E-state index >= 15 is 0 Å². The summed E-state index contributed by atoms with van der Waals surface area (Å²) in [5, 5.41) is 4.67. The number of anilines is 1. The summed E-state index contributed by atoms with van der Waals surface area (Å²) in [7, 11) is 1.49. The molecule has 0 saturated carbocycles. The predicted molar refractivity (Wildman–Crippen MR) is 110 cm³/mol. The van der Waals surface area contributed by atoms with E-state index in [2.05, 4.69) is 12.2 Å². The Morgan fingerprint density at radius 1 is 0.857 bits per heavy atom. The van der Waals surface area contributed by atoms with Crippen molar-refractivity contribution in [1.29, 1.82) is 0 Å². The van der Waals surface area contributed by atoms with Crippen LogP contribution in [0.1, 0.15) is 52.9 Å². The molecule has 2 aromatic rings. The Balaban J connectivity index is 2.58. The molecule has 0 aliphatic rings. The second kappa shape index (κ2) is 10.5. The minimum absolute atomic E-state index is 0.312. The van der Waals surface area contributed by atoms with Crippen LogP contribution in [0.4, 0.5) is 5.69 Å². The van der Waals surface area contributed by atoms with Gasteiger partial charge in [-0.3, -0.25) is 9.59 Å². The highest BCUT2D eigenvalue weighted by Crippen LogP contribution is 2.43. The summed E-state index contributed by atoms with van der Waals surface area (Å²) in [5.74, 6) is 0.444. The molecule has 0 bridgehead atoms. The van der Waals surface area contributed by atoms with Crippen LogP contribution in [0.25, 0.3) is 10.8 Å². The summed E-state index contributed by atoms with van der Waals surface area (Å²) in [6.45, 7) is 6.74. The lowest BCUT2D eigenvalue weighted by molar-refractivity contribution is -0.135. The number of hydrogen-bond acceptors (Lipinski definition) is 6. The van der Waals surface area contributed by atoms with Gasteiger partial charge in [0.1, 0.15) is 5.75 Å². The summed E-state index contributed by atoms with van der Waals surface area (Å²) < 4.78 is 16.6. The number of methoxy groups -OCH3 is 1. The first kappa shape index (κ1) is 21.5. The van der Waals surface area contributed by atoms with Crippen LogP contribution >= 0.6 is 0 Å². The van der Waals surface area contributed by atoms with Gasteiger partial charge in [-0.2, -0.15) is 0 Å². The number of rotatable bonds is 10. The summed E-state index contributed by atoms with van der Waals surface area (Å²) in [6, 6.07) is 7.26. The molecule has 0 fully saturated rings. The molecule has 0 amide bonds. The number of nitrogens with one attached hydrogen (secondary N) is 1. The molecule has 0 atom stereocenters. The third-order valence-electron chi connectivity index (χ3n) is 4.16. The minimum atomic E-state index is -0.328. The molecule has 6 nitrogen and oxygen atoms in total. The van der Waals surface area contributed by atoms with Crippen LogP contribution in [0.2, 0.25) is 0 Å². The van der Waals surface area contributed by atoms with Gasteiger partial charge in [0.25, 0.3) is 0 Å². The van der Waals surface area contributed by atoms with Crippen molar-refractivity contribution in [3.05, 3.63) is 24.3 Å². The minimum Gasteiger partial charge on any atom is -0.493 e. The fourth-order valence-corrected chi connectivity index (χ4v) is 2.81. The highest BCUT2D eigenvalue weighted by Gasteiger charge is 2.19. The first-order valence-corrected chi connectivity index (χ1v) is 9.83. The number of fused-ring (bicyclic) bond motifs is 1. The lowest BCUT2D eigenvalue weighted by Crippen LogP contribution is -2.10. The average molecular weight is 387 g/mol. The molecule has 0 radical (unpaired) electrons. The zero-order valence-electron chi connectivity index (χ0n) is 17.1. The van der Waals surface area contributed by atoms with Crippen LogP contribution in [0.3, 0.4) is 0 Å². The van der Waals surface area contributed by atoms with Crippen molar-refractivity contribution in [3.63, 3.8) is 0 Å². The van der Waals surface area contributed by atoms with E-state index in [1.165, 1.54) is 7.11 Å². The van der Waals surface area contributed by atoms with Crippen molar-refractivity contribution in [2.45, 2.75) is 52.9 Å². The molecule has 0 saturated heterocycles. The molecule has 0 spiro atoms. The fraction of sp³-hybridized carbons (Fsp3) is 0.455. The van der Waals surface area contributed by atoms with Crippen LogP contribution in [0.15, 0.2) is 24.3 Å². The second-order valence-corrected chi connectivity index (χ2v) is 6.54. The Morgan fingerprint density at radius 3 is 2.14 bits per heavy atom. The SMILES string of the molecule is CCCNc1ccc2c(OC(=O)CCC)c(OC)cc(OC(=O)CCC)c2c1. The number of hydrogen-bond donors (Lipinski definition) is 1. The van der Waals surface area contributed by atoms with Crippen LogP contribution in [0.5, 0.6) is 17.2 Å². The molecule has 152 valence electrons. The van der Waals surface area contributed by atoms with E-state index in [0.29, 0.717) is 53.7 Å². The maximum Gasteiger partial charge on any atom is 0.311 e. The maximum absolute atomic E-state index is 12.1. The maximum atomic E-state index is 12.1. The smallest absolute Gasteiger partial charge is 0.311 e. The van der Waals surface area contributed by atoms with Crippen molar-refractivity contribution < 1.29 is 23.8 Å². The summed E-state index contributed by atoms with van der Waals surface area (Å²) in [4.78, 5) is 24.2. The lowest BCUT2D eigenvalue weighted by atomic mass is 10.1. The van der Waals surface area contributed by atoms with Crippen molar-refractivity contribution >= 4 is 28.4 Å². The first-order chi connectivity index (χ1) is 13.5. The number of benzene rings is 2. The largest absolute Gasteiger partial charge is 0.493 e. The molecule has 6 heteroatoms. The van der Waals surface area contributed by atoms with Gasteiger partial charge in [-0.1, -0.05) is 20.8 Å². The quantitative estimate of drug-likeness (QED) is 0.453. The molecule has 0 aliphatic heterocycles. The van der Waals surface area contributed by atoms with Crippen LogP contribution < -0.4 is 19.5 Å². The summed E-state index contributed by atoms with van der Waals surface area (Å²) in [6.07, 6.45) is 3.01. The van der Waals surface area contributed by atoms with E-state index in [-0.39, 0.29) is 11.9 Å². The van der Waals surface area contributed by atoms with Gasteiger partial charge in [-0.15, -0.1) is 0 Å². The molecule has 0 heterocycles. The molecular weight excluding hydrogens is 358 g/mol.